The van der Waals surface area contributed by atoms with Crippen molar-refractivity contribution in [3.63, 3.8) is 0 Å². The maximum atomic E-state index is 12.5. The highest BCUT2D eigenvalue weighted by molar-refractivity contribution is 5.90. The molecule has 4 aliphatic rings. The van der Waals surface area contributed by atoms with E-state index in [0.29, 0.717) is 30.9 Å². The number of carbonyl (C=O) groups excluding carboxylic acids is 1. The molecule has 2 saturated heterocycles. The zero-order valence-electron chi connectivity index (χ0n) is 17.6. The zero-order valence-corrected chi connectivity index (χ0v) is 17.6. The standard InChI is InChI=1S/C25H28N2O4/c28-23(19-2-1-9-26-14-19)31-20-6-5-18-12-22-25(29)8-11-30-16-24(25,21(18)13-20)7-10-27(22)15-17-3-4-17/h1-2,5-6,9,13-14,17,22,29H,3-4,7-8,10-12,15-16H2/t22-,24-,25-/m1/s1. The molecule has 0 radical (unpaired) electrons. The van der Waals surface area contributed by atoms with Crippen molar-refractivity contribution in [2.45, 2.75) is 49.2 Å². The monoisotopic (exact) mass is 420 g/mol. The Morgan fingerprint density at radius 2 is 2.19 bits per heavy atom. The summed E-state index contributed by atoms with van der Waals surface area (Å²) in [5.74, 6) is 0.883. The number of piperidine rings is 1. The molecule has 1 aromatic heterocycles. The molecule has 3 fully saturated rings. The van der Waals surface area contributed by atoms with E-state index < -0.39 is 17.0 Å². The number of esters is 1. The molecule has 31 heavy (non-hydrogen) atoms. The lowest BCUT2D eigenvalue weighted by Crippen LogP contribution is -2.74. The topological polar surface area (TPSA) is 71.9 Å². The van der Waals surface area contributed by atoms with Crippen LogP contribution in [-0.2, 0) is 16.6 Å². The number of aliphatic hydroxyl groups is 1. The van der Waals surface area contributed by atoms with Gasteiger partial charge in [0.05, 0.1) is 23.2 Å². The minimum atomic E-state index is -0.808. The Kier molecular flexibility index (Phi) is 4.46. The molecular weight excluding hydrogens is 392 g/mol. The van der Waals surface area contributed by atoms with Gasteiger partial charge in [-0.15, -0.1) is 0 Å². The van der Waals surface area contributed by atoms with E-state index in [0.717, 1.165) is 37.4 Å². The van der Waals surface area contributed by atoms with Crippen LogP contribution in [0.3, 0.4) is 0 Å². The van der Waals surface area contributed by atoms with E-state index in [1.807, 2.05) is 12.1 Å². The summed E-state index contributed by atoms with van der Waals surface area (Å²) in [6, 6.07) is 9.46. The smallest absolute Gasteiger partial charge is 0.345 e. The summed E-state index contributed by atoms with van der Waals surface area (Å²) in [6.45, 7) is 3.19. The third kappa shape index (κ3) is 3.04. The van der Waals surface area contributed by atoms with Crippen LogP contribution in [0.4, 0.5) is 0 Å². The van der Waals surface area contributed by atoms with Gasteiger partial charge in [0.25, 0.3) is 0 Å². The SMILES string of the molecule is O=C(Oc1ccc2c(c1)[C@]13CCN(CC4CC4)[C@H](C2)[C@]1(O)CCOC3)c1cccnc1. The minimum absolute atomic E-state index is 0.127. The van der Waals surface area contributed by atoms with Gasteiger partial charge in [-0.1, -0.05) is 6.07 Å². The lowest BCUT2D eigenvalue weighted by molar-refractivity contribution is -0.202. The lowest BCUT2D eigenvalue weighted by atomic mass is 9.53. The summed E-state index contributed by atoms with van der Waals surface area (Å²) >= 11 is 0. The maximum absolute atomic E-state index is 12.5. The van der Waals surface area contributed by atoms with E-state index >= 15 is 0 Å². The van der Waals surface area contributed by atoms with Crippen LogP contribution in [0, 0.1) is 5.92 Å². The lowest BCUT2D eigenvalue weighted by Gasteiger charge is -2.63. The van der Waals surface area contributed by atoms with Gasteiger partial charge in [0.2, 0.25) is 0 Å². The molecule has 1 aromatic carbocycles. The Hall–Kier alpha value is -2.28. The quantitative estimate of drug-likeness (QED) is 0.606. The molecule has 3 atom stereocenters. The van der Waals surface area contributed by atoms with Crippen molar-refractivity contribution in [2.75, 3.05) is 26.3 Å². The van der Waals surface area contributed by atoms with Crippen LogP contribution in [0.15, 0.2) is 42.7 Å². The highest BCUT2D eigenvalue weighted by Crippen LogP contribution is 2.55. The maximum Gasteiger partial charge on any atom is 0.345 e. The number of nitrogens with zero attached hydrogens (tertiary/aromatic N) is 2. The fourth-order valence-electron chi connectivity index (χ4n) is 6.10. The van der Waals surface area contributed by atoms with E-state index in [4.69, 9.17) is 9.47 Å². The highest BCUT2D eigenvalue weighted by atomic mass is 16.5. The summed E-state index contributed by atoms with van der Waals surface area (Å²) < 4.78 is 11.6. The van der Waals surface area contributed by atoms with Crippen LogP contribution in [0.25, 0.3) is 0 Å². The molecule has 0 spiro atoms. The van der Waals surface area contributed by atoms with Crippen molar-refractivity contribution in [3.8, 4) is 5.75 Å². The van der Waals surface area contributed by atoms with Crippen molar-refractivity contribution in [3.05, 3.63) is 59.4 Å². The van der Waals surface area contributed by atoms with Gasteiger partial charge >= 0.3 is 5.97 Å². The number of likely N-dealkylation sites (tertiary alicyclic amines) is 1. The number of fused-ring (bicyclic) bond motifs is 1. The number of ether oxygens (including phenoxy) is 2. The number of hydrogen-bond acceptors (Lipinski definition) is 6. The van der Waals surface area contributed by atoms with E-state index in [1.54, 1.807) is 18.3 Å². The van der Waals surface area contributed by atoms with Gasteiger partial charge in [-0.05, 0) is 73.5 Å². The first-order valence-corrected chi connectivity index (χ1v) is 11.4. The average Bonchev–Trinajstić information content (AvgIpc) is 3.60. The predicted molar refractivity (Wildman–Crippen MR) is 114 cm³/mol. The van der Waals surface area contributed by atoms with Crippen LogP contribution in [-0.4, -0.2) is 58.9 Å². The molecule has 6 nitrogen and oxygen atoms in total. The van der Waals surface area contributed by atoms with Crippen LogP contribution in [0.2, 0.25) is 0 Å². The number of aromatic nitrogens is 1. The molecule has 1 N–H and O–H groups in total. The molecule has 162 valence electrons. The van der Waals surface area contributed by atoms with Gasteiger partial charge < -0.3 is 14.6 Å². The fraction of sp³-hybridized carbons (Fsp3) is 0.520. The van der Waals surface area contributed by atoms with E-state index in [-0.39, 0.29) is 6.04 Å². The van der Waals surface area contributed by atoms with E-state index in [1.165, 1.54) is 24.6 Å². The summed E-state index contributed by atoms with van der Waals surface area (Å²) in [7, 11) is 0. The van der Waals surface area contributed by atoms with Gasteiger partial charge in [0.15, 0.2) is 0 Å². The molecule has 2 aromatic rings. The first kappa shape index (κ1) is 19.4. The Bertz CT molecular complexity index is 1010. The van der Waals surface area contributed by atoms with Gasteiger partial charge in [-0.2, -0.15) is 0 Å². The van der Waals surface area contributed by atoms with E-state index in [2.05, 4.69) is 16.0 Å². The van der Waals surface area contributed by atoms with Crippen molar-refractivity contribution >= 4 is 5.97 Å². The number of rotatable bonds is 4. The second-order valence-electron chi connectivity index (χ2n) is 9.67. The van der Waals surface area contributed by atoms with Gasteiger partial charge in [0, 0.05) is 38.0 Å². The molecule has 2 bridgehead atoms. The van der Waals surface area contributed by atoms with E-state index in [9.17, 15) is 9.90 Å². The van der Waals surface area contributed by atoms with Crippen LogP contribution >= 0.6 is 0 Å². The van der Waals surface area contributed by atoms with Crippen molar-refractivity contribution in [1.29, 1.82) is 0 Å². The largest absolute Gasteiger partial charge is 0.423 e. The van der Waals surface area contributed by atoms with Crippen molar-refractivity contribution < 1.29 is 19.4 Å². The molecular formula is C25H28N2O4. The first-order valence-electron chi connectivity index (χ1n) is 11.4. The molecule has 3 heterocycles. The summed E-state index contributed by atoms with van der Waals surface area (Å²) in [5.41, 5.74) is 1.50. The summed E-state index contributed by atoms with van der Waals surface area (Å²) in [4.78, 5) is 19.1. The highest BCUT2D eigenvalue weighted by Gasteiger charge is 2.64. The minimum Gasteiger partial charge on any atom is -0.423 e. The van der Waals surface area contributed by atoms with Gasteiger partial charge in [0.1, 0.15) is 5.75 Å². The number of pyridine rings is 1. The molecule has 2 aliphatic carbocycles. The van der Waals surface area contributed by atoms with Gasteiger partial charge in [-0.3, -0.25) is 9.88 Å². The van der Waals surface area contributed by atoms with Crippen LogP contribution in [0.5, 0.6) is 5.75 Å². The first-order chi connectivity index (χ1) is 15.1. The summed E-state index contributed by atoms with van der Waals surface area (Å²) in [6.07, 6.45) is 8.11. The molecule has 0 unspecified atom stereocenters. The third-order valence-corrected chi connectivity index (χ3v) is 7.93. The van der Waals surface area contributed by atoms with Crippen LogP contribution < -0.4 is 4.74 Å². The number of hydrogen-bond donors (Lipinski definition) is 1. The predicted octanol–water partition coefficient (Wildman–Crippen LogP) is 2.73. The van der Waals surface area contributed by atoms with Crippen molar-refractivity contribution in [1.82, 2.24) is 9.88 Å². The number of benzene rings is 1. The molecule has 1 saturated carbocycles. The van der Waals surface area contributed by atoms with Gasteiger partial charge in [-0.25, -0.2) is 4.79 Å². The fourth-order valence-corrected chi connectivity index (χ4v) is 6.10. The normalized spacial score (nSPS) is 32.1. The molecule has 6 rings (SSSR count). The molecule has 0 amide bonds. The molecule has 2 aliphatic heterocycles. The zero-order chi connectivity index (χ0) is 21.1. The Morgan fingerprint density at radius 1 is 1.29 bits per heavy atom. The Labute approximate surface area is 182 Å². The second-order valence-corrected chi connectivity index (χ2v) is 9.67. The Morgan fingerprint density at radius 3 is 3.00 bits per heavy atom. The van der Waals surface area contributed by atoms with Crippen molar-refractivity contribution in [2.24, 2.45) is 5.92 Å². The molecule has 6 heteroatoms. The summed E-state index contributed by atoms with van der Waals surface area (Å²) in [5, 5.41) is 12.1. The Balaban J connectivity index is 1.36. The number of carbonyl (C=O) groups is 1. The second kappa shape index (κ2) is 7.12. The van der Waals surface area contributed by atoms with Crippen LogP contribution in [0.1, 0.15) is 47.2 Å². The third-order valence-electron chi connectivity index (χ3n) is 7.93. The average molecular weight is 421 g/mol.